The minimum Gasteiger partial charge on any atom is -0.432 e. The summed E-state index contributed by atoms with van der Waals surface area (Å²) in [4.78, 5) is 0. The van der Waals surface area contributed by atoms with Crippen LogP contribution in [0.5, 0.6) is 0 Å². The molecule has 1 aliphatic rings. The highest BCUT2D eigenvalue weighted by Gasteiger charge is 2.18. The number of rotatable bonds is 1. The second kappa shape index (κ2) is 3.81. The molecule has 0 spiro atoms. The van der Waals surface area contributed by atoms with E-state index in [0.717, 1.165) is 18.6 Å². The maximum Gasteiger partial charge on any atom is 0.192 e. The van der Waals surface area contributed by atoms with Gasteiger partial charge in [-0.1, -0.05) is 32.4 Å². The molecule has 0 atom stereocenters. The van der Waals surface area contributed by atoms with E-state index in [1.165, 1.54) is 5.57 Å². The Morgan fingerprint density at radius 3 is 2.25 bits per heavy atom. The molecule has 0 amide bonds. The molecule has 12 heavy (non-hydrogen) atoms. The summed E-state index contributed by atoms with van der Waals surface area (Å²) in [6.45, 7) is 6.76. The lowest BCUT2D eigenvalue weighted by atomic mass is 9.82. The summed E-state index contributed by atoms with van der Waals surface area (Å²) < 4.78 is 5.14. The van der Waals surface area contributed by atoms with Gasteiger partial charge in [0, 0.05) is 6.42 Å². The fourth-order valence-electron chi connectivity index (χ4n) is 1.31. The van der Waals surface area contributed by atoms with Gasteiger partial charge in [-0.05, 0) is 17.9 Å². The molecule has 0 N–H and O–H groups in total. The Morgan fingerprint density at radius 1 is 1.25 bits per heavy atom. The minimum atomic E-state index is 0.313. The van der Waals surface area contributed by atoms with Crippen molar-refractivity contribution in [3.05, 3.63) is 23.5 Å². The topological polar surface area (TPSA) is 9.23 Å². The van der Waals surface area contributed by atoms with Crippen LogP contribution in [0.2, 0.25) is 0 Å². The molecular formula is C10H15IO. The van der Waals surface area contributed by atoms with Gasteiger partial charge in [-0.25, -0.2) is 0 Å². The van der Waals surface area contributed by atoms with Gasteiger partial charge in [0.2, 0.25) is 0 Å². The zero-order valence-corrected chi connectivity index (χ0v) is 10.0. The van der Waals surface area contributed by atoms with Crippen LogP contribution in [0.15, 0.2) is 23.5 Å². The van der Waals surface area contributed by atoms with Crippen LogP contribution in [0, 0.1) is 5.41 Å². The zero-order chi connectivity index (χ0) is 9.19. The number of hydrogen-bond donors (Lipinski definition) is 0. The first kappa shape index (κ1) is 10.1. The van der Waals surface area contributed by atoms with Crippen LogP contribution in [-0.4, -0.2) is 0 Å². The van der Waals surface area contributed by atoms with Gasteiger partial charge in [-0.15, -0.1) is 0 Å². The van der Waals surface area contributed by atoms with Crippen molar-refractivity contribution >= 4 is 23.0 Å². The van der Waals surface area contributed by atoms with Crippen molar-refractivity contribution in [2.45, 2.75) is 33.6 Å². The minimum absolute atomic E-state index is 0.313. The lowest BCUT2D eigenvalue weighted by Gasteiger charge is -2.25. The Labute approximate surface area is 88.6 Å². The summed E-state index contributed by atoms with van der Waals surface area (Å²) in [6.07, 6.45) is 6.46. The third-order valence-corrected chi connectivity index (χ3v) is 2.74. The van der Waals surface area contributed by atoms with Crippen LogP contribution in [0.4, 0.5) is 0 Å². The smallest absolute Gasteiger partial charge is 0.192 e. The monoisotopic (exact) mass is 278 g/mol. The molecule has 68 valence electrons. The highest BCUT2D eigenvalue weighted by molar-refractivity contribution is 14.1. The average Bonchev–Trinajstić information content (AvgIpc) is 2.03. The van der Waals surface area contributed by atoms with E-state index >= 15 is 0 Å². The Balaban J connectivity index is 2.73. The van der Waals surface area contributed by atoms with E-state index < -0.39 is 0 Å². The Bertz CT molecular complexity index is 220. The summed E-state index contributed by atoms with van der Waals surface area (Å²) in [6, 6.07) is 0. The molecule has 2 heteroatoms. The molecule has 0 bridgehead atoms. The number of allylic oxidation sites excluding steroid dienone is 4. The third kappa shape index (κ3) is 2.51. The standard InChI is InChI=1S/C10H15IO/c1-10(2,3)8-4-6-9(12-11)7-5-8/h4,6H,5,7H2,1-3H3. The van der Waals surface area contributed by atoms with E-state index in [4.69, 9.17) is 3.07 Å². The predicted molar refractivity (Wildman–Crippen MR) is 60.0 cm³/mol. The van der Waals surface area contributed by atoms with Crippen molar-refractivity contribution in [3.8, 4) is 0 Å². The summed E-state index contributed by atoms with van der Waals surface area (Å²) >= 11 is 1.94. The lowest BCUT2D eigenvalue weighted by molar-refractivity contribution is 0.454. The van der Waals surface area contributed by atoms with Crippen molar-refractivity contribution < 1.29 is 3.07 Å². The van der Waals surface area contributed by atoms with Crippen LogP contribution in [0.1, 0.15) is 33.6 Å². The Morgan fingerprint density at radius 2 is 1.92 bits per heavy atom. The van der Waals surface area contributed by atoms with Crippen LogP contribution in [0.25, 0.3) is 0 Å². The first-order valence-electron chi connectivity index (χ1n) is 4.23. The lowest BCUT2D eigenvalue weighted by Crippen LogP contribution is -2.11. The van der Waals surface area contributed by atoms with Crippen molar-refractivity contribution in [3.63, 3.8) is 0 Å². The van der Waals surface area contributed by atoms with E-state index in [9.17, 15) is 0 Å². The second-order valence-electron chi connectivity index (χ2n) is 4.15. The first-order chi connectivity index (χ1) is 5.54. The average molecular weight is 278 g/mol. The maximum atomic E-state index is 5.14. The van der Waals surface area contributed by atoms with Crippen LogP contribution in [-0.2, 0) is 3.07 Å². The van der Waals surface area contributed by atoms with Gasteiger partial charge >= 0.3 is 0 Å². The first-order valence-corrected chi connectivity index (χ1v) is 5.11. The van der Waals surface area contributed by atoms with Crippen molar-refractivity contribution in [2.75, 3.05) is 0 Å². The van der Waals surface area contributed by atoms with E-state index in [0.29, 0.717) is 5.41 Å². The van der Waals surface area contributed by atoms with Crippen LogP contribution in [0.3, 0.4) is 0 Å². The van der Waals surface area contributed by atoms with E-state index in [2.05, 4.69) is 32.9 Å². The highest BCUT2D eigenvalue weighted by atomic mass is 127. The summed E-state index contributed by atoms with van der Waals surface area (Å²) in [5.41, 5.74) is 1.83. The predicted octanol–water partition coefficient (Wildman–Crippen LogP) is 4.00. The van der Waals surface area contributed by atoms with Crippen LogP contribution < -0.4 is 0 Å². The molecular weight excluding hydrogens is 263 g/mol. The fraction of sp³-hybridized carbons (Fsp3) is 0.600. The molecule has 0 heterocycles. The fourth-order valence-corrected chi connectivity index (χ4v) is 1.67. The Kier molecular flexibility index (Phi) is 3.21. The maximum absolute atomic E-state index is 5.14. The van der Waals surface area contributed by atoms with Crippen LogP contribution >= 0.6 is 23.0 Å². The molecule has 0 fully saturated rings. The normalized spacial score (nSPS) is 18.3. The van der Waals surface area contributed by atoms with Crippen molar-refractivity contribution in [1.29, 1.82) is 0 Å². The Hall–Kier alpha value is 0.0100. The SMILES string of the molecule is CC(C)(C)C1=CC=C(OI)CC1. The molecule has 0 aromatic heterocycles. The van der Waals surface area contributed by atoms with Gasteiger partial charge in [0.25, 0.3) is 0 Å². The molecule has 1 nitrogen and oxygen atoms in total. The molecule has 0 unspecified atom stereocenters. The largest absolute Gasteiger partial charge is 0.432 e. The number of hydrogen-bond acceptors (Lipinski definition) is 1. The molecule has 1 rings (SSSR count). The van der Waals surface area contributed by atoms with Gasteiger partial charge < -0.3 is 3.07 Å². The summed E-state index contributed by atoms with van der Waals surface area (Å²) in [5.74, 6) is 1.09. The van der Waals surface area contributed by atoms with Gasteiger partial charge in [0.1, 0.15) is 5.76 Å². The van der Waals surface area contributed by atoms with E-state index in [-0.39, 0.29) is 0 Å². The highest BCUT2D eigenvalue weighted by Crippen LogP contribution is 2.33. The molecule has 0 aliphatic heterocycles. The number of halogens is 1. The van der Waals surface area contributed by atoms with Gasteiger partial charge in [-0.3, -0.25) is 0 Å². The van der Waals surface area contributed by atoms with Crippen molar-refractivity contribution in [2.24, 2.45) is 5.41 Å². The quantitative estimate of drug-likeness (QED) is 0.659. The molecule has 1 aliphatic carbocycles. The van der Waals surface area contributed by atoms with Gasteiger partial charge in [0.05, 0.1) is 0 Å². The summed E-state index contributed by atoms with van der Waals surface area (Å²) in [5, 5.41) is 0. The molecule has 0 radical (unpaired) electrons. The molecule has 0 aromatic rings. The molecule has 0 saturated heterocycles. The van der Waals surface area contributed by atoms with E-state index in [1.54, 1.807) is 0 Å². The van der Waals surface area contributed by atoms with Crippen molar-refractivity contribution in [1.82, 2.24) is 0 Å². The summed E-state index contributed by atoms with van der Waals surface area (Å²) in [7, 11) is 0. The molecule has 0 saturated carbocycles. The van der Waals surface area contributed by atoms with E-state index in [1.807, 2.05) is 23.0 Å². The second-order valence-corrected chi connectivity index (χ2v) is 4.59. The van der Waals surface area contributed by atoms with Gasteiger partial charge in [-0.2, -0.15) is 0 Å². The third-order valence-electron chi connectivity index (χ3n) is 2.17. The zero-order valence-electron chi connectivity index (χ0n) is 7.86. The molecule has 0 aromatic carbocycles. The van der Waals surface area contributed by atoms with Gasteiger partial charge in [0.15, 0.2) is 23.0 Å².